The molecule has 0 radical (unpaired) electrons. The molecule has 0 bridgehead atoms. The molecule has 0 fully saturated rings. The van der Waals surface area contributed by atoms with Crippen molar-refractivity contribution >= 4 is 5.71 Å². The Kier molecular flexibility index (Phi) is 7.98. The number of hydrogen-bond donors (Lipinski definition) is 0. The number of rotatable bonds is 7. The van der Waals surface area contributed by atoms with Crippen LogP contribution in [-0.2, 0) is 4.84 Å². The molecule has 3 heteroatoms. The lowest BCUT2D eigenvalue weighted by atomic mass is 10.1. The van der Waals surface area contributed by atoms with Crippen molar-refractivity contribution in [3.8, 4) is 17.6 Å². The summed E-state index contributed by atoms with van der Waals surface area (Å²) in [4.78, 5) is 5.25. The summed E-state index contributed by atoms with van der Waals surface area (Å²) in [5.74, 6) is 6.79. The molecule has 0 saturated carbocycles. The van der Waals surface area contributed by atoms with Gasteiger partial charge in [-0.15, -0.1) is 0 Å². The van der Waals surface area contributed by atoms with Crippen LogP contribution in [0.2, 0.25) is 0 Å². The first-order valence-corrected chi connectivity index (χ1v) is 7.10. The normalized spacial score (nSPS) is 10.7. The van der Waals surface area contributed by atoms with Crippen LogP contribution in [0.4, 0.5) is 0 Å². The van der Waals surface area contributed by atoms with Crippen molar-refractivity contribution in [1.82, 2.24) is 0 Å². The van der Waals surface area contributed by atoms with E-state index < -0.39 is 0 Å². The van der Waals surface area contributed by atoms with Gasteiger partial charge < -0.3 is 9.57 Å². The van der Waals surface area contributed by atoms with Crippen molar-refractivity contribution in [3.05, 3.63) is 29.8 Å². The topological polar surface area (TPSA) is 30.8 Å². The summed E-state index contributed by atoms with van der Waals surface area (Å²) in [5.41, 5.74) is 2.02. The van der Waals surface area contributed by atoms with Crippen LogP contribution < -0.4 is 4.74 Å². The van der Waals surface area contributed by atoms with E-state index in [2.05, 4.69) is 30.8 Å². The molecule has 0 N–H and O–H groups in total. The number of benzene rings is 1. The molecular weight excluding hydrogens is 250 g/mol. The molecule has 1 rings (SSSR count). The Balaban J connectivity index is 2.43. The second-order valence-corrected chi connectivity index (χ2v) is 4.42. The lowest BCUT2D eigenvalue weighted by Crippen LogP contribution is -1.98. The molecule has 0 aliphatic rings. The molecular formula is C17H23NO2. The summed E-state index contributed by atoms with van der Waals surface area (Å²) in [6, 6.07) is 7.65. The van der Waals surface area contributed by atoms with Crippen LogP contribution in [0.3, 0.4) is 0 Å². The average molecular weight is 273 g/mol. The highest BCUT2D eigenvalue weighted by molar-refractivity contribution is 5.83. The third-order valence-electron chi connectivity index (χ3n) is 2.86. The Labute approximate surface area is 122 Å². The summed E-state index contributed by atoms with van der Waals surface area (Å²) in [7, 11) is 1.65. The summed E-state index contributed by atoms with van der Waals surface area (Å²) in [5, 5.41) is 4.13. The molecule has 20 heavy (non-hydrogen) atoms. The molecule has 108 valence electrons. The van der Waals surface area contributed by atoms with E-state index in [9.17, 15) is 0 Å². The van der Waals surface area contributed by atoms with Gasteiger partial charge in [0.25, 0.3) is 0 Å². The number of ether oxygens (including phenoxy) is 1. The van der Waals surface area contributed by atoms with Crippen molar-refractivity contribution in [3.63, 3.8) is 0 Å². The second kappa shape index (κ2) is 9.91. The summed E-state index contributed by atoms with van der Waals surface area (Å²) in [6.07, 6.45) is 4.28. The quantitative estimate of drug-likeness (QED) is 0.325. The molecule has 0 amide bonds. The first-order valence-electron chi connectivity index (χ1n) is 7.10. The van der Waals surface area contributed by atoms with Crippen molar-refractivity contribution in [2.45, 2.75) is 39.5 Å². The molecule has 0 heterocycles. The number of methoxy groups -OCH3 is 1. The summed E-state index contributed by atoms with van der Waals surface area (Å²) < 4.78 is 5.14. The molecule has 0 saturated heterocycles. The highest BCUT2D eigenvalue weighted by atomic mass is 16.6. The lowest BCUT2D eigenvalue weighted by molar-refractivity contribution is 0.178. The van der Waals surface area contributed by atoms with Gasteiger partial charge in [0.15, 0.2) is 6.61 Å². The molecule has 1 aromatic carbocycles. The monoisotopic (exact) mass is 273 g/mol. The predicted octanol–water partition coefficient (Wildman–Crippen LogP) is 4.02. The zero-order chi connectivity index (χ0) is 14.6. The molecule has 1 aromatic rings. The van der Waals surface area contributed by atoms with Gasteiger partial charge in [0.2, 0.25) is 0 Å². The van der Waals surface area contributed by atoms with Crippen molar-refractivity contribution in [1.29, 1.82) is 0 Å². The fourth-order valence-corrected chi connectivity index (χ4v) is 1.66. The van der Waals surface area contributed by atoms with E-state index in [0.29, 0.717) is 6.61 Å². The van der Waals surface area contributed by atoms with Crippen LogP contribution in [0.1, 0.15) is 45.1 Å². The van der Waals surface area contributed by atoms with Crippen LogP contribution >= 0.6 is 0 Å². The van der Waals surface area contributed by atoms with Gasteiger partial charge in [0.05, 0.1) is 12.8 Å². The van der Waals surface area contributed by atoms with Gasteiger partial charge in [-0.3, -0.25) is 0 Å². The lowest BCUT2D eigenvalue weighted by Gasteiger charge is -2.01. The number of unbranched alkanes of at least 4 members (excludes halogenated alkanes) is 1. The van der Waals surface area contributed by atoms with Gasteiger partial charge in [-0.25, -0.2) is 0 Å². The minimum absolute atomic E-state index is 0.312. The van der Waals surface area contributed by atoms with E-state index in [1.165, 1.54) is 6.42 Å². The Morgan fingerprint density at radius 3 is 2.85 bits per heavy atom. The van der Waals surface area contributed by atoms with E-state index in [4.69, 9.17) is 9.57 Å². The SMILES string of the molecule is CCCCC(CC)=NOCC#Cc1cccc(OC)c1. The van der Waals surface area contributed by atoms with E-state index >= 15 is 0 Å². The van der Waals surface area contributed by atoms with Gasteiger partial charge in [0, 0.05) is 5.56 Å². The third kappa shape index (κ3) is 6.29. The molecule has 0 aromatic heterocycles. The Hall–Kier alpha value is -1.95. The fourth-order valence-electron chi connectivity index (χ4n) is 1.66. The smallest absolute Gasteiger partial charge is 0.177 e. The predicted molar refractivity (Wildman–Crippen MR) is 83.1 cm³/mol. The van der Waals surface area contributed by atoms with Crippen molar-refractivity contribution < 1.29 is 9.57 Å². The first kappa shape index (κ1) is 16.1. The van der Waals surface area contributed by atoms with Crippen LogP contribution in [0.15, 0.2) is 29.4 Å². The van der Waals surface area contributed by atoms with Gasteiger partial charge >= 0.3 is 0 Å². The van der Waals surface area contributed by atoms with E-state index in [0.717, 1.165) is 36.3 Å². The number of oxime groups is 1. The maximum absolute atomic E-state index is 5.25. The average Bonchev–Trinajstić information content (AvgIpc) is 2.50. The molecule has 0 aliphatic carbocycles. The van der Waals surface area contributed by atoms with E-state index in [1.807, 2.05) is 24.3 Å². The highest BCUT2D eigenvalue weighted by Gasteiger charge is 1.95. The molecule has 0 spiro atoms. The second-order valence-electron chi connectivity index (χ2n) is 4.42. The van der Waals surface area contributed by atoms with Crippen LogP contribution in [0, 0.1) is 11.8 Å². The number of hydrogen-bond acceptors (Lipinski definition) is 3. The zero-order valence-corrected chi connectivity index (χ0v) is 12.6. The zero-order valence-electron chi connectivity index (χ0n) is 12.6. The molecule has 0 atom stereocenters. The molecule has 0 aliphatic heterocycles. The largest absolute Gasteiger partial charge is 0.497 e. The van der Waals surface area contributed by atoms with Crippen molar-refractivity contribution in [2.75, 3.05) is 13.7 Å². The Morgan fingerprint density at radius 1 is 1.30 bits per heavy atom. The van der Waals surface area contributed by atoms with Crippen LogP contribution in [0.25, 0.3) is 0 Å². The van der Waals surface area contributed by atoms with Gasteiger partial charge in [0.1, 0.15) is 5.75 Å². The molecule has 3 nitrogen and oxygen atoms in total. The maximum atomic E-state index is 5.25. The summed E-state index contributed by atoms with van der Waals surface area (Å²) >= 11 is 0. The third-order valence-corrected chi connectivity index (χ3v) is 2.86. The number of nitrogens with zero attached hydrogens (tertiary/aromatic N) is 1. The van der Waals surface area contributed by atoms with E-state index in [1.54, 1.807) is 7.11 Å². The first-order chi connectivity index (χ1) is 9.80. The van der Waals surface area contributed by atoms with Gasteiger partial charge in [-0.1, -0.05) is 43.3 Å². The standard InChI is InChI=1S/C17H23NO2/c1-4-6-11-16(5-2)18-20-13-8-10-15-9-7-12-17(14-15)19-3/h7,9,12,14H,4-6,11,13H2,1-3H3. The molecule has 0 unspecified atom stereocenters. The summed E-state index contributed by atoms with van der Waals surface area (Å²) in [6.45, 7) is 4.58. The maximum Gasteiger partial charge on any atom is 0.177 e. The minimum atomic E-state index is 0.312. The van der Waals surface area contributed by atoms with Crippen molar-refractivity contribution in [2.24, 2.45) is 5.16 Å². The minimum Gasteiger partial charge on any atom is -0.497 e. The van der Waals surface area contributed by atoms with Crippen LogP contribution in [0.5, 0.6) is 5.75 Å². The Morgan fingerprint density at radius 2 is 2.15 bits per heavy atom. The van der Waals surface area contributed by atoms with Gasteiger partial charge in [-0.05, 0) is 37.5 Å². The Bertz CT molecular complexity index is 483. The van der Waals surface area contributed by atoms with Crippen LogP contribution in [-0.4, -0.2) is 19.4 Å². The van der Waals surface area contributed by atoms with E-state index in [-0.39, 0.29) is 0 Å². The highest BCUT2D eigenvalue weighted by Crippen LogP contribution is 2.11. The fraction of sp³-hybridized carbons (Fsp3) is 0.471. The van der Waals surface area contributed by atoms with Gasteiger partial charge in [-0.2, -0.15) is 0 Å².